The first-order valence-corrected chi connectivity index (χ1v) is 11.2. The second kappa shape index (κ2) is 7.20. The maximum atomic E-state index is 12.8. The topological polar surface area (TPSA) is 47.3 Å². The molecule has 3 nitrogen and oxygen atoms in total. The lowest BCUT2D eigenvalue weighted by molar-refractivity contribution is 0.0990. The number of thiophene rings is 1. The molecule has 1 aliphatic rings. The Balaban J connectivity index is 1.53. The first-order chi connectivity index (χ1) is 14.7. The molecule has 154 valence electrons. The molecule has 2 aromatic heterocycles. The summed E-state index contributed by atoms with van der Waals surface area (Å²) in [5.74, 6) is 0.144. The highest BCUT2D eigenvalue weighted by Gasteiger charge is 2.34. The third kappa shape index (κ3) is 3.26. The van der Waals surface area contributed by atoms with E-state index in [1.54, 1.807) is 6.08 Å². The third-order valence-electron chi connectivity index (χ3n) is 5.48. The van der Waals surface area contributed by atoms with Gasteiger partial charge in [-0.2, -0.15) is 0 Å². The molecule has 5 rings (SSSR count). The van der Waals surface area contributed by atoms with Gasteiger partial charge in [-0.05, 0) is 56.2 Å². The Kier molecular flexibility index (Phi) is 4.70. The van der Waals surface area contributed by atoms with E-state index in [9.17, 15) is 9.59 Å². The zero-order valence-corrected chi connectivity index (χ0v) is 19.3. The van der Waals surface area contributed by atoms with Gasteiger partial charge in [0.1, 0.15) is 11.3 Å². The van der Waals surface area contributed by atoms with E-state index in [2.05, 4.69) is 32.9 Å². The van der Waals surface area contributed by atoms with Crippen LogP contribution < -0.4 is 0 Å². The number of aryl methyl sites for hydroxylation is 3. The average Bonchev–Trinajstić information content (AvgIpc) is 3.30. The summed E-state index contributed by atoms with van der Waals surface area (Å²) in [5, 5.41) is 0.511. The molecular formula is C25H16Cl2O3S. The third-order valence-corrected chi connectivity index (χ3v) is 7.21. The van der Waals surface area contributed by atoms with Crippen LogP contribution in [0.2, 0.25) is 10.0 Å². The molecule has 0 unspecified atom stereocenters. The van der Waals surface area contributed by atoms with E-state index >= 15 is 0 Å². The van der Waals surface area contributed by atoms with Gasteiger partial charge in [-0.1, -0.05) is 40.9 Å². The fourth-order valence-electron chi connectivity index (χ4n) is 4.21. The molecule has 0 spiro atoms. The van der Waals surface area contributed by atoms with Crippen LogP contribution in [-0.4, -0.2) is 11.6 Å². The molecular weight excluding hydrogens is 451 g/mol. The minimum atomic E-state index is -0.338. The van der Waals surface area contributed by atoms with E-state index in [0.29, 0.717) is 11.1 Å². The van der Waals surface area contributed by atoms with Crippen LogP contribution in [0, 0.1) is 20.8 Å². The Morgan fingerprint density at radius 3 is 1.97 bits per heavy atom. The van der Waals surface area contributed by atoms with Gasteiger partial charge in [0.25, 0.3) is 0 Å². The van der Waals surface area contributed by atoms with Gasteiger partial charge < -0.3 is 4.42 Å². The number of fused-ring (bicyclic) bond motifs is 2. The van der Waals surface area contributed by atoms with Gasteiger partial charge in [0.15, 0.2) is 11.6 Å². The van der Waals surface area contributed by atoms with Crippen molar-refractivity contribution in [1.82, 2.24) is 0 Å². The van der Waals surface area contributed by atoms with Crippen molar-refractivity contribution in [1.29, 1.82) is 0 Å². The number of allylic oxidation sites excluding steroid dienone is 1. The highest BCUT2D eigenvalue weighted by atomic mass is 35.5. The van der Waals surface area contributed by atoms with Crippen LogP contribution in [0.3, 0.4) is 0 Å². The first kappa shape index (κ1) is 20.3. The van der Waals surface area contributed by atoms with Crippen molar-refractivity contribution in [2.45, 2.75) is 20.8 Å². The monoisotopic (exact) mass is 466 g/mol. The number of rotatable bonds is 2. The van der Waals surface area contributed by atoms with E-state index in [-0.39, 0.29) is 27.2 Å². The van der Waals surface area contributed by atoms with Crippen LogP contribution in [0.1, 0.15) is 42.3 Å². The summed E-state index contributed by atoms with van der Waals surface area (Å²) in [6.45, 7) is 6.24. The normalized spacial score (nSPS) is 13.4. The van der Waals surface area contributed by atoms with Crippen LogP contribution >= 0.6 is 34.5 Å². The number of hydrogen-bond acceptors (Lipinski definition) is 4. The van der Waals surface area contributed by atoms with Crippen LogP contribution in [0.5, 0.6) is 0 Å². The Hall–Kier alpha value is -2.66. The smallest absolute Gasteiger partial charge is 0.197 e. The lowest BCUT2D eigenvalue weighted by atomic mass is 9.98. The molecule has 31 heavy (non-hydrogen) atoms. The van der Waals surface area contributed by atoms with Crippen molar-refractivity contribution in [2.75, 3.05) is 0 Å². The summed E-state index contributed by atoms with van der Waals surface area (Å²) < 4.78 is 7.08. The van der Waals surface area contributed by atoms with Gasteiger partial charge in [0.2, 0.25) is 0 Å². The van der Waals surface area contributed by atoms with Crippen molar-refractivity contribution in [3.8, 4) is 11.3 Å². The molecule has 2 aromatic carbocycles. The summed E-state index contributed by atoms with van der Waals surface area (Å²) in [6, 6.07) is 11.1. The Bertz CT molecular complexity index is 1370. The molecule has 0 radical (unpaired) electrons. The summed E-state index contributed by atoms with van der Waals surface area (Å²) in [5.41, 5.74) is 6.07. The highest BCUT2D eigenvalue weighted by molar-refractivity contribution is 7.19. The largest absolute Gasteiger partial charge is 0.455 e. The fraction of sp³-hybridized carbons (Fsp3) is 0.120. The SMILES string of the molecule is Cc1cc(C)c(-c2cc3sc(C=C4C(=O)c5cc(Cl)c(Cl)cc5C4=O)cc3o2)c(C)c1. The van der Waals surface area contributed by atoms with Gasteiger partial charge in [-0.3, -0.25) is 9.59 Å². The van der Waals surface area contributed by atoms with Crippen molar-refractivity contribution >= 4 is 62.5 Å². The number of carbonyl (C=O) groups excluding carboxylic acids is 2. The number of hydrogen-bond donors (Lipinski definition) is 0. The number of Topliss-reactive ketones (excluding diaryl/α,β-unsaturated/α-hetero) is 2. The average molecular weight is 467 g/mol. The van der Waals surface area contributed by atoms with Gasteiger partial charge in [0.05, 0.1) is 20.3 Å². The lowest BCUT2D eigenvalue weighted by Crippen LogP contribution is -1.99. The zero-order valence-electron chi connectivity index (χ0n) is 16.9. The lowest BCUT2D eigenvalue weighted by Gasteiger charge is -2.08. The minimum absolute atomic E-state index is 0.114. The quantitative estimate of drug-likeness (QED) is 0.223. The molecule has 6 heteroatoms. The molecule has 0 atom stereocenters. The van der Waals surface area contributed by atoms with E-state index in [0.717, 1.165) is 26.5 Å². The summed E-state index contributed by atoms with van der Waals surface area (Å²) in [7, 11) is 0. The second-order valence-corrected chi connectivity index (χ2v) is 9.72. The summed E-state index contributed by atoms with van der Waals surface area (Å²) >= 11 is 13.5. The molecule has 0 fully saturated rings. The molecule has 0 saturated heterocycles. The predicted octanol–water partition coefficient (Wildman–Crippen LogP) is 7.86. The van der Waals surface area contributed by atoms with Gasteiger partial charge >= 0.3 is 0 Å². The predicted molar refractivity (Wildman–Crippen MR) is 127 cm³/mol. The second-order valence-electron chi connectivity index (χ2n) is 7.79. The molecule has 0 N–H and O–H groups in total. The molecule has 2 heterocycles. The van der Waals surface area contributed by atoms with E-state index < -0.39 is 0 Å². The van der Waals surface area contributed by atoms with Gasteiger partial charge in [-0.25, -0.2) is 0 Å². The number of halogens is 2. The van der Waals surface area contributed by atoms with Crippen molar-refractivity contribution in [2.24, 2.45) is 0 Å². The number of benzene rings is 2. The highest BCUT2D eigenvalue weighted by Crippen LogP contribution is 2.39. The van der Waals surface area contributed by atoms with Crippen molar-refractivity contribution in [3.63, 3.8) is 0 Å². The maximum Gasteiger partial charge on any atom is 0.197 e. The molecule has 0 bridgehead atoms. The van der Waals surface area contributed by atoms with Crippen LogP contribution in [0.25, 0.3) is 27.7 Å². The standard InChI is InChI=1S/C25H16Cl2O3S/c1-11-4-12(2)23(13(3)5-11)21-10-22-20(30-21)7-14(31-22)6-17-24(28)15-8-18(26)19(27)9-16(15)25(17)29/h4-10H,1-3H3. The van der Waals surface area contributed by atoms with Crippen LogP contribution in [0.15, 0.2) is 46.4 Å². The van der Waals surface area contributed by atoms with Gasteiger partial charge in [-0.15, -0.1) is 11.3 Å². The minimum Gasteiger partial charge on any atom is -0.455 e. The van der Waals surface area contributed by atoms with E-state index in [4.69, 9.17) is 27.6 Å². The Morgan fingerprint density at radius 1 is 0.839 bits per heavy atom. The van der Waals surface area contributed by atoms with Gasteiger partial charge in [0, 0.05) is 27.6 Å². The molecule has 0 saturated carbocycles. The van der Waals surface area contributed by atoms with E-state index in [1.165, 1.54) is 40.2 Å². The number of ketones is 2. The van der Waals surface area contributed by atoms with E-state index in [1.807, 2.05) is 12.1 Å². The molecule has 1 aliphatic carbocycles. The van der Waals surface area contributed by atoms with Crippen LogP contribution in [0.4, 0.5) is 0 Å². The molecule has 0 amide bonds. The molecule has 0 aliphatic heterocycles. The maximum absolute atomic E-state index is 12.8. The molecule has 4 aromatic rings. The summed E-state index contributed by atoms with van der Waals surface area (Å²) in [6.07, 6.45) is 1.62. The number of furan rings is 1. The van der Waals surface area contributed by atoms with Crippen molar-refractivity contribution in [3.05, 3.63) is 84.7 Å². The van der Waals surface area contributed by atoms with Crippen molar-refractivity contribution < 1.29 is 14.0 Å². The fourth-order valence-corrected chi connectivity index (χ4v) is 5.50. The van der Waals surface area contributed by atoms with Crippen LogP contribution in [-0.2, 0) is 0 Å². The summed E-state index contributed by atoms with van der Waals surface area (Å²) in [4.78, 5) is 26.3. The zero-order chi connectivity index (χ0) is 22.0. The Labute approximate surface area is 192 Å². The Morgan fingerprint density at radius 2 is 1.42 bits per heavy atom. The first-order valence-electron chi connectivity index (χ1n) is 9.64. The number of carbonyl (C=O) groups is 2.